The van der Waals surface area contributed by atoms with E-state index in [1.807, 2.05) is 37.3 Å². The van der Waals surface area contributed by atoms with Crippen molar-refractivity contribution in [2.75, 3.05) is 11.5 Å². The van der Waals surface area contributed by atoms with E-state index in [4.69, 9.17) is 9.15 Å². The zero-order chi connectivity index (χ0) is 20.4. The molecule has 1 aromatic heterocycles. The number of rotatable bonds is 5. The van der Waals surface area contributed by atoms with Crippen LogP contribution in [-0.4, -0.2) is 24.5 Å². The van der Waals surface area contributed by atoms with Crippen LogP contribution in [0.1, 0.15) is 31.2 Å². The second kappa shape index (κ2) is 7.91. The minimum absolute atomic E-state index is 0.0373. The van der Waals surface area contributed by atoms with Gasteiger partial charge in [-0.1, -0.05) is 49.4 Å². The Morgan fingerprint density at radius 1 is 1.14 bits per heavy atom. The summed E-state index contributed by atoms with van der Waals surface area (Å²) in [5.41, 5.74) is 1.27. The molecule has 6 heteroatoms. The lowest BCUT2D eigenvalue weighted by Crippen LogP contribution is -2.40. The van der Waals surface area contributed by atoms with Crippen molar-refractivity contribution in [2.24, 2.45) is 0 Å². The molecule has 1 amide bonds. The Morgan fingerprint density at radius 3 is 2.66 bits per heavy atom. The molecule has 0 saturated carbocycles. The highest BCUT2D eigenvalue weighted by atomic mass is 16.5. The molecular weight excluding hydrogens is 370 g/mol. The fourth-order valence-corrected chi connectivity index (χ4v) is 3.68. The van der Waals surface area contributed by atoms with E-state index in [-0.39, 0.29) is 24.9 Å². The summed E-state index contributed by atoms with van der Waals surface area (Å²) in [6.07, 6.45) is 0.578. The minimum atomic E-state index is -0.754. The molecule has 29 heavy (non-hydrogen) atoms. The maximum Gasteiger partial charge on any atom is 0.338 e. The van der Waals surface area contributed by atoms with E-state index in [1.165, 1.54) is 11.0 Å². The monoisotopic (exact) mass is 391 g/mol. The number of fused-ring (bicyclic) bond motifs is 1. The van der Waals surface area contributed by atoms with Crippen molar-refractivity contribution in [2.45, 2.75) is 31.7 Å². The van der Waals surface area contributed by atoms with Gasteiger partial charge in [0.1, 0.15) is 11.6 Å². The largest absolute Gasteiger partial charge is 0.464 e. The standard InChI is InChI=1S/C23H21NO5/c1-15(16-7-3-2-4-8-16)14-28-23(27)18-11-12-21(25)24(18)19-13-22(26)29-20-10-6-5-9-17(19)20/h2-10,13,15,18H,11-12,14H2,1H3/t15-,18+/m1/s1. The number of amides is 1. The quantitative estimate of drug-likeness (QED) is 0.490. The van der Waals surface area contributed by atoms with Gasteiger partial charge in [-0.15, -0.1) is 0 Å². The Morgan fingerprint density at radius 2 is 1.86 bits per heavy atom. The smallest absolute Gasteiger partial charge is 0.338 e. The number of ether oxygens (including phenoxy) is 1. The van der Waals surface area contributed by atoms with Crippen LogP contribution >= 0.6 is 0 Å². The third-order valence-electron chi connectivity index (χ3n) is 5.22. The predicted molar refractivity (Wildman–Crippen MR) is 109 cm³/mol. The topological polar surface area (TPSA) is 76.8 Å². The summed E-state index contributed by atoms with van der Waals surface area (Å²) in [6.45, 7) is 2.20. The number of esters is 1. The Labute approximate surface area is 167 Å². The van der Waals surface area contributed by atoms with Crippen LogP contribution in [-0.2, 0) is 14.3 Å². The summed E-state index contributed by atoms with van der Waals surface area (Å²) in [7, 11) is 0. The summed E-state index contributed by atoms with van der Waals surface area (Å²) in [5.74, 6) is -0.634. The lowest BCUT2D eigenvalue weighted by molar-refractivity contribution is -0.145. The van der Waals surface area contributed by atoms with Crippen LogP contribution in [0.4, 0.5) is 5.69 Å². The van der Waals surface area contributed by atoms with Crippen molar-refractivity contribution >= 4 is 28.5 Å². The molecule has 0 spiro atoms. The van der Waals surface area contributed by atoms with Crippen LogP contribution in [0.15, 0.2) is 69.9 Å². The molecule has 4 rings (SSSR count). The lowest BCUT2D eigenvalue weighted by atomic mass is 10.0. The molecule has 6 nitrogen and oxygen atoms in total. The normalized spacial score (nSPS) is 17.5. The molecule has 1 saturated heterocycles. The van der Waals surface area contributed by atoms with Gasteiger partial charge in [-0.05, 0) is 24.1 Å². The molecule has 1 aliphatic heterocycles. The molecule has 0 unspecified atom stereocenters. The van der Waals surface area contributed by atoms with Crippen LogP contribution in [0.3, 0.4) is 0 Å². The number of hydrogen-bond acceptors (Lipinski definition) is 5. The highest BCUT2D eigenvalue weighted by Gasteiger charge is 2.39. The predicted octanol–water partition coefficient (Wildman–Crippen LogP) is 3.64. The summed E-state index contributed by atoms with van der Waals surface area (Å²) in [4.78, 5) is 38.8. The zero-order valence-electron chi connectivity index (χ0n) is 16.0. The first kappa shape index (κ1) is 18.9. The molecule has 0 N–H and O–H groups in total. The van der Waals surface area contributed by atoms with Gasteiger partial charge < -0.3 is 9.15 Å². The van der Waals surface area contributed by atoms with Crippen LogP contribution < -0.4 is 10.5 Å². The summed E-state index contributed by atoms with van der Waals surface area (Å²) in [6, 6.07) is 17.3. The van der Waals surface area contributed by atoms with Crippen LogP contribution in [0.2, 0.25) is 0 Å². The average Bonchev–Trinajstić information content (AvgIpc) is 3.13. The van der Waals surface area contributed by atoms with Gasteiger partial charge in [0.25, 0.3) is 0 Å². The summed E-state index contributed by atoms with van der Waals surface area (Å²) < 4.78 is 10.8. The van der Waals surface area contributed by atoms with E-state index >= 15 is 0 Å². The molecule has 2 heterocycles. The summed E-state index contributed by atoms with van der Waals surface area (Å²) >= 11 is 0. The lowest BCUT2D eigenvalue weighted by Gasteiger charge is -2.25. The average molecular weight is 391 g/mol. The molecule has 2 atom stereocenters. The van der Waals surface area contributed by atoms with Gasteiger partial charge in [-0.25, -0.2) is 9.59 Å². The highest BCUT2D eigenvalue weighted by Crippen LogP contribution is 2.32. The molecule has 3 aromatic rings. The summed E-state index contributed by atoms with van der Waals surface area (Å²) in [5, 5.41) is 0.609. The van der Waals surface area contributed by atoms with Gasteiger partial charge in [0.15, 0.2) is 0 Å². The van der Waals surface area contributed by atoms with E-state index in [0.29, 0.717) is 23.1 Å². The third-order valence-corrected chi connectivity index (χ3v) is 5.22. The van der Waals surface area contributed by atoms with Crippen LogP contribution in [0.5, 0.6) is 0 Å². The van der Waals surface area contributed by atoms with E-state index in [1.54, 1.807) is 24.3 Å². The van der Waals surface area contributed by atoms with Crippen molar-refractivity contribution in [3.05, 3.63) is 76.6 Å². The van der Waals surface area contributed by atoms with Gasteiger partial charge >= 0.3 is 11.6 Å². The Balaban J connectivity index is 1.57. The number of carbonyl (C=O) groups is 2. The van der Waals surface area contributed by atoms with Crippen molar-refractivity contribution in [3.8, 4) is 0 Å². The Bertz CT molecular complexity index is 1100. The van der Waals surface area contributed by atoms with Crippen molar-refractivity contribution in [3.63, 3.8) is 0 Å². The van der Waals surface area contributed by atoms with Gasteiger partial charge in [0.2, 0.25) is 5.91 Å². The number of benzene rings is 2. The molecule has 0 aliphatic carbocycles. The minimum Gasteiger partial charge on any atom is -0.464 e. The maximum absolute atomic E-state index is 12.8. The maximum atomic E-state index is 12.8. The van der Waals surface area contributed by atoms with E-state index in [2.05, 4.69) is 0 Å². The van der Waals surface area contributed by atoms with Gasteiger partial charge in [-0.3, -0.25) is 9.69 Å². The SMILES string of the molecule is C[C@H](COC(=O)[C@@H]1CCC(=O)N1c1cc(=O)oc2ccccc12)c1ccccc1. The van der Waals surface area contributed by atoms with Crippen LogP contribution in [0, 0.1) is 0 Å². The Hall–Kier alpha value is -3.41. The number of nitrogens with zero attached hydrogens (tertiary/aromatic N) is 1. The fraction of sp³-hybridized carbons (Fsp3) is 0.261. The van der Waals surface area contributed by atoms with Gasteiger partial charge in [0, 0.05) is 23.8 Å². The van der Waals surface area contributed by atoms with Gasteiger partial charge in [-0.2, -0.15) is 0 Å². The van der Waals surface area contributed by atoms with Crippen molar-refractivity contribution in [1.82, 2.24) is 0 Å². The number of carbonyl (C=O) groups excluding carboxylic acids is 2. The molecule has 0 bridgehead atoms. The highest BCUT2D eigenvalue weighted by molar-refractivity contribution is 6.07. The molecule has 1 aliphatic rings. The van der Waals surface area contributed by atoms with Crippen molar-refractivity contribution < 1.29 is 18.7 Å². The van der Waals surface area contributed by atoms with Crippen LogP contribution in [0.25, 0.3) is 11.0 Å². The molecular formula is C23H21NO5. The second-order valence-electron chi connectivity index (χ2n) is 7.21. The number of para-hydroxylation sites is 1. The Kier molecular flexibility index (Phi) is 5.16. The first-order valence-electron chi connectivity index (χ1n) is 9.61. The van der Waals surface area contributed by atoms with E-state index in [9.17, 15) is 14.4 Å². The zero-order valence-corrected chi connectivity index (χ0v) is 16.0. The third kappa shape index (κ3) is 3.78. The first-order valence-corrected chi connectivity index (χ1v) is 9.61. The van der Waals surface area contributed by atoms with Gasteiger partial charge in [0.05, 0.1) is 12.3 Å². The number of anilines is 1. The molecule has 148 valence electrons. The molecule has 1 fully saturated rings. The number of hydrogen-bond donors (Lipinski definition) is 0. The van der Waals surface area contributed by atoms with Crippen molar-refractivity contribution in [1.29, 1.82) is 0 Å². The van der Waals surface area contributed by atoms with E-state index in [0.717, 1.165) is 5.56 Å². The first-order chi connectivity index (χ1) is 14.0. The molecule has 0 radical (unpaired) electrons. The van der Waals surface area contributed by atoms with E-state index < -0.39 is 17.6 Å². The molecule has 2 aromatic carbocycles. The second-order valence-corrected chi connectivity index (χ2v) is 7.21. The fourth-order valence-electron chi connectivity index (χ4n) is 3.68.